The first-order chi connectivity index (χ1) is 15.5. The number of unbranched alkanes of at least 4 members (excludes halogenated alkanes) is 3. The Kier molecular flexibility index (Phi) is 8.25. The Morgan fingerprint density at radius 1 is 0.938 bits per heavy atom. The smallest absolute Gasteiger partial charge is 0.407 e. The van der Waals surface area contributed by atoms with Crippen molar-refractivity contribution in [2.45, 2.75) is 51.0 Å². The van der Waals surface area contributed by atoms with Crippen LogP contribution >= 0.6 is 0 Å². The standard InChI is InChI=1S/C25H30N2O5/c1-17(24(30)26-15-9-3-2-4-14-23(28)29)27-25(31)32-16-22-20-12-7-5-10-18(20)19-11-6-8-13-21(19)22/h5-8,10-13,17,22H,2-4,9,14-16H2,1H3,(H,26,30)(H,27,31)(H,28,29)/t17-/m0/s1. The van der Waals surface area contributed by atoms with Crippen LogP contribution in [0.3, 0.4) is 0 Å². The molecular formula is C25H30N2O5. The molecule has 3 rings (SSSR count). The van der Waals surface area contributed by atoms with Crippen molar-refractivity contribution in [1.29, 1.82) is 0 Å². The van der Waals surface area contributed by atoms with Crippen molar-refractivity contribution in [2.24, 2.45) is 0 Å². The van der Waals surface area contributed by atoms with E-state index in [0.29, 0.717) is 13.0 Å². The number of amides is 2. The summed E-state index contributed by atoms with van der Waals surface area (Å²) in [6.07, 6.45) is 2.62. The lowest BCUT2D eigenvalue weighted by Crippen LogP contribution is -2.45. The number of rotatable bonds is 11. The summed E-state index contributed by atoms with van der Waals surface area (Å²) in [4.78, 5) is 34.9. The Morgan fingerprint density at radius 3 is 2.16 bits per heavy atom. The van der Waals surface area contributed by atoms with E-state index in [1.165, 1.54) is 0 Å². The molecule has 1 aliphatic carbocycles. The molecule has 0 spiro atoms. The van der Waals surface area contributed by atoms with Crippen LogP contribution in [-0.4, -0.2) is 42.3 Å². The highest BCUT2D eigenvalue weighted by molar-refractivity contribution is 5.85. The Balaban J connectivity index is 1.40. The van der Waals surface area contributed by atoms with Gasteiger partial charge < -0.3 is 20.5 Å². The third-order valence-electron chi connectivity index (χ3n) is 5.69. The zero-order chi connectivity index (χ0) is 22.9. The van der Waals surface area contributed by atoms with Crippen molar-refractivity contribution < 1.29 is 24.2 Å². The second kappa shape index (κ2) is 11.3. The first kappa shape index (κ1) is 23.3. The second-order valence-electron chi connectivity index (χ2n) is 8.04. The van der Waals surface area contributed by atoms with Gasteiger partial charge in [0.25, 0.3) is 0 Å². The van der Waals surface area contributed by atoms with Gasteiger partial charge in [-0.2, -0.15) is 0 Å². The lowest BCUT2D eigenvalue weighted by Gasteiger charge is -2.17. The number of fused-ring (bicyclic) bond motifs is 3. The summed E-state index contributed by atoms with van der Waals surface area (Å²) < 4.78 is 5.47. The maximum absolute atomic E-state index is 12.3. The quantitative estimate of drug-likeness (QED) is 0.459. The van der Waals surface area contributed by atoms with Crippen molar-refractivity contribution >= 4 is 18.0 Å². The topological polar surface area (TPSA) is 105 Å². The van der Waals surface area contributed by atoms with E-state index in [1.807, 2.05) is 24.3 Å². The van der Waals surface area contributed by atoms with E-state index in [-0.39, 0.29) is 24.9 Å². The number of ether oxygens (including phenoxy) is 1. The normalized spacial score (nSPS) is 13.0. The summed E-state index contributed by atoms with van der Waals surface area (Å²) in [5.74, 6) is -1.09. The predicted octanol–water partition coefficient (Wildman–Crippen LogP) is 4.06. The van der Waals surface area contributed by atoms with E-state index in [2.05, 4.69) is 34.9 Å². The molecule has 0 saturated carbocycles. The maximum atomic E-state index is 12.3. The van der Waals surface area contributed by atoms with Gasteiger partial charge in [0, 0.05) is 18.9 Å². The van der Waals surface area contributed by atoms with E-state index in [9.17, 15) is 14.4 Å². The molecule has 32 heavy (non-hydrogen) atoms. The highest BCUT2D eigenvalue weighted by atomic mass is 16.5. The van der Waals surface area contributed by atoms with Crippen molar-refractivity contribution in [2.75, 3.05) is 13.2 Å². The second-order valence-corrected chi connectivity index (χ2v) is 8.04. The molecule has 0 aromatic heterocycles. The lowest BCUT2D eigenvalue weighted by molar-refractivity contribution is -0.137. The molecule has 0 fully saturated rings. The van der Waals surface area contributed by atoms with E-state index < -0.39 is 18.1 Å². The number of carbonyl (C=O) groups excluding carboxylic acids is 2. The van der Waals surface area contributed by atoms with Crippen LogP contribution in [0.15, 0.2) is 48.5 Å². The number of hydrogen-bond donors (Lipinski definition) is 3. The van der Waals surface area contributed by atoms with E-state index in [1.54, 1.807) is 6.92 Å². The van der Waals surface area contributed by atoms with Gasteiger partial charge in [0.05, 0.1) is 0 Å². The number of benzene rings is 2. The predicted molar refractivity (Wildman–Crippen MR) is 121 cm³/mol. The maximum Gasteiger partial charge on any atom is 0.407 e. The van der Waals surface area contributed by atoms with E-state index in [0.717, 1.165) is 41.5 Å². The molecule has 3 N–H and O–H groups in total. The molecule has 1 aliphatic rings. The minimum atomic E-state index is -0.786. The van der Waals surface area contributed by atoms with Gasteiger partial charge in [0.2, 0.25) is 5.91 Å². The Hall–Kier alpha value is -3.35. The fourth-order valence-electron chi connectivity index (χ4n) is 4.00. The SMILES string of the molecule is C[C@H](NC(=O)OCC1c2ccccc2-c2ccccc21)C(=O)NCCCCCCC(=O)O. The fraction of sp³-hybridized carbons (Fsp3) is 0.400. The average Bonchev–Trinajstić information content (AvgIpc) is 3.10. The van der Waals surface area contributed by atoms with Gasteiger partial charge in [-0.25, -0.2) is 4.79 Å². The molecular weight excluding hydrogens is 408 g/mol. The van der Waals surface area contributed by atoms with Crippen LogP contribution in [0.25, 0.3) is 11.1 Å². The van der Waals surface area contributed by atoms with Gasteiger partial charge >= 0.3 is 12.1 Å². The summed E-state index contributed by atoms with van der Waals surface area (Å²) in [5, 5.41) is 14.0. The minimum absolute atomic E-state index is 0.0293. The van der Waals surface area contributed by atoms with Gasteiger partial charge in [0.1, 0.15) is 12.6 Å². The molecule has 2 aromatic carbocycles. The van der Waals surface area contributed by atoms with Crippen LogP contribution in [0.4, 0.5) is 4.79 Å². The van der Waals surface area contributed by atoms with Crippen molar-refractivity contribution in [3.8, 4) is 11.1 Å². The molecule has 2 aromatic rings. The van der Waals surface area contributed by atoms with Crippen LogP contribution in [0.1, 0.15) is 56.1 Å². The fourth-order valence-corrected chi connectivity index (χ4v) is 4.00. The van der Waals surface area contributed by atoms with Gasteiger partial charge in [-0.3, -0.25) is 9.59 Å². The number of nitrogens with one attached hydrogen (secondary N) is 2. The molecule has 7 heteroatoms. The molecule has 7 nitrogen and oxygen atoms in total. The van der Waals surface area contributed by atoms with E-state index in [4.69, 9.17) is 9.84 Å². The van der Waals surface area contributed by atoms with Crippen LogP contribution in [-0.2, 0) is 14.3 Å². The number of carboxylic acids is 1. The van der Waals surface area contributed by atoms with Gasteiger partial charge in [-0.15, -0.1) is 0 Å². The first-order valence-electron chi connectivity index (χ1n) is 11.1. The molecule has 0 radical (unpaired) electrons. The van der Waals surface area contributed by atoms with Crippen molar-refractivity contribution in [3.63, 3.8) is 0 Å². The summed E-state index contributed by atoms with van der Waals surface area (Å²) in [6, 6.07) is 15.5. The zero-order valence-electron chi connectivity index (χ0n) is 18.3. The largest absolute Gasteiger partial charge is 0.481 e. The van der Waals surface area contributed by atoms with Crippen molar-refractivity contribution in [1.82, 2.24) is 10.6 Å². The highest BCUT2D eigenvalue weighted by Crippen LogP contribution is 2.44. The molecule has 0 saturated heterocycles. The van der Waals surface area contributed by atoms with Crippen LogP contribution in [0.2, 0.25) is 0 Å². The monoisotopic (exact) mass is 438 g/mol. The third kappa shape index (κ3) is 6.09. The Labute approximate surface area is 188 Å². The number of hydrogen-bond acceptors (Lipinski definition) is 4. The molecule has 0 aliphatic heterocycles. The summed E-state index contributed by atoms with van der Waals surface area (Å²) >= 11 is 0. The molecule has 0 unspecified atom stereocenters. The third-order valence-corrected chi connectivity index (χ3v) is 5.69. The zero-order valence-corrected chi connectivity index (χ0v) is 18.3. The number of aliphatic carboxylic acids is 1. The van der Waals surface area contributed by atoms with Gasteiger partial charge in [0.15, 0.2) is 0 Å². The Bertz CT molecular complexity index is 913. The summed E-state index contributed by atoms with van der Waals surface area (Å²) in [6.45, 7) is 2.30. The van der Waals surface area contributed by atoms with Gasteiger partial charge in [-0.1, -0.05) is 61.4 Å². The molecule has 170 valence electrons. The summed E-state index contributed by atoms with van der Waals surface area (Å²) in [7, 11) is 0. The minimum Gasteiger partial charge on any atom is -0.481 e. The highest BCUT2D eigenvalue weighted by Gasteiger charge is 2.29. The Morgan fingerprint density at radius 2 is 1.53 bits per heavy atom. The lowest BCUT2D eigenvalue weighted by atomic mass is 9.98. The number of carbonyl (C=O) groups is 3. The first-order valence-corrected chi connectivity index (χ1v) is 11.1. The molecule has 0 bridgehead atoms. The molecule has 1 atom stereocenters. The molecule has 2 amide bonds. The molecule has 0 heterocycles. The van der Waals surface area contributed by atoms with Crippen LogP contribution in [0.5, 0.6) is 0 Å². The van der Waals surface area contributed by atoms with Crippen LogP contribution < -0.4 is 10.6 Å². The van der Waals surface area contributed by atoms with E-state index >= 15 is 0 Å². The van der Waals surface area contributed by atoms with Crippen LogP contribution in [0, 0.1) is 0 Å². The summed E-state index contributed by atoms with van der Waals surface area (Å²) in [5.41, 5.74) is 4.59. The average molecular weight is 439 g/mol. The number of carboxylic acid groups (broad SMARTS) is 1. The van der Waals surface area contributed by atoms with Crippen molar-refractivity contribution in [3.05, 3.63) is 59.7 Å². The number of alkyl carbamates (subject to hydrolysis) is 1. The van der Waals surface area contributed by atoms with Gasteiger partial charge in [-0.05, 0) is 42.0 Å².